The molecule has 1 saturated heterocycles. The quantitative estimate of drug-likeness (QED) is 0.162. The Balaban J connectivity index is 0.000000118. The fourth-order valence-electron chi connectivity index (χ4n) is 10.1. The molecule has 0 bridgehead atoms. The normalized spacial score (nSPS) is 14.5. The Morgan fingerprint density at radius 2 is 0.939 bits per heavy atom. The summed E-state index contributed by atoms with van der Waals surface area (Å²) in [6.07, 6.45) is 1.87. The fourth-order valence-corrected chi connectivity index (χ4v) is 10.7. The molecule has 322 valence electrons. The van der Waals surface area contributed by atoms with Gasteiger partial charge in [0.1, 0.15) is 0 Å². The molecule has 2 aliphatic carbocycles. The van der Waals surface area contributed by atoms with Crippen molar-refractivity contribution in [3.05, 3.63) is 190 Å². The molecule has 0 amide bonds. The first-order valence-electron chi connectivity index (χ1n) is 22.3. The number of pyridine rings is 1. The van der Waals surface area contributed by atoms with Crippen molar-refractivity contribution in [3.8, 4) is 55.8 Å². The molecule has 0 N–H and O–H groups in total. The maximum absolute atomic E-state index is 6.29. The molecule has 10 aromatic rings. The van der Waals surface area contributed by atoms with Crippen molar-refractivity contribution in [1.82, 2.24) is 4.98 Å². The van der Waals surface area contributed by atoms with Crippen LogP contribution in [-0.4, -0.2) is 23.3 Å². The van der Waals surface area contributed by atoms with Gasteiger partial charge in [-0.05, 0) is 183 Å². The fraction of sp³-hybridized carbons (Fsp3) is 0.136. The number of fused-ring (bicyclic) bond motifs is 8. The molecule has 0 saturated carbocycles. The van der Waals surface area contributed by atoms with Crippen LogP contribution in [0.15, 0.2) is 164 Å². The largest absolute Gasteiger partial charge is 0.494 e. The number of nitrogens with zero attached hydrogens (tertiary/aromatic N) is 1. The van der Waals surface area contributed by atoms with Gasteiger partial charge in [0, 0.05) is 37.6 Å². The number of rotatable bonds is 2. The Kier molecular flexibility index (Phi) is 10.4. The van der Waals surface area contributed by atoms with Gasteiger partial charge in [-0.2, -0.15) is 0 Å². The number of aryl methyl sites for hydroxylation is 2. The van der Waals surface area contributed by atoms with Crippen LogP contribution in [-0.2, 0) is 9.31 Å². The molecular weight excluding hydrogens is 872 g/mol. The van der Waals surface area contributed by atoms with Crippen molar-refractivity contribution >= 4 is 90.5 Å². The van der Waals surface area contributed by atoms with E-state index in [1.54, 1.807) is 0 Å². The van der Waals surface area contributed by atoms with Crippen LogP contribution in [0.3, 0.4) is 0 Å². The minimum atomic E-state index is -0.327. The van der Waals surface area contributed by atoms with Gasteiger partial charge >= 0.3 is 7.12 Å². The van der Waals surface area contributed by atoms with Crippen LogP contribution >= 0.6 is 34.8 Å². The predicted molar refractivity (Wildman–Crippen MR) is 282 cm³/mol. The zero-order chi connectivity index (χ0) is 45.6. The highest BCUT2D eigenvalue weighted by Crippen LogP contribution is 2.51. The van der Waals surface area contributed by atoms with Gasteiger partial charge < -0.3 is 9.31 Å². The smallest absolute Gasteiger partial charge is 0.399 e. The predicted octanol–water partition coefficient (Wildman–Crippen LogP) is 16.9. The van der Waals surface area contributed by atoms with E-state index in [0.29, 0.717) is 0 Å². The summed E-state index contributed by atoms with van der Waals surface area (Å²) in [7, 11) is -0.327. The number of hydrogen-bond donors (Lipinski definition) is 0. The van der Waals surface area contributed by atoms with E-state index in [1.165, 1.54) is 77.2 Å². The van der Waals surface area contributed by atoms with E-state index >= 15 is 0 Å². The van der Waals surface area contributed by atoms with Crippen molar-refractivity contribution < 1.29 is 9.31 Å². The summed E-state index contributed by atoms with van der Waals surface area (Å²) in [5, 5.41) is 11.9. The SMILES string of the molecule is Cc1cc(-c2nccc3cc(Cl)ccc23)cc2c1-c1cccc3cccc-2c13.Cc1cc(B2OC(C)(C)C(C)(C)O2)cc2c1-c1cccc3cccc-2c13.Clc1ccc2c(Cl)cccc2c1. The van der Waals surface area contributed by atoms with E-state index in [2.05, 4.69) is 145 Å². The van der Waals surface area contributed by atoms with Gasteiger partial charge in [-0.3, -0.25) is 4.98 Å². The Morgan fingerprint density at radius 1 is 0.455 bits per heavy atom. The topological polar surface area (TPSA) is 31.4 Å². The first-order valence-corrected chi connectivity index (χ1v) is 23.5. The van der Waals surface area contributed by atoms with E-state index in [0.717, 1.165) is 53.3 Å². The Hall–Kier alpha value is -5.98. The molecule has 13 rings (SSSR count). The number of halogens is 3. The van der Waals surface area contributed by atoms with Gasteiger partial charge in [0.2, 0.25) is 0 Å². The highest BCUT2D eigenvalue weighted by molar-refractivity contribution is 6.62. The summed E-state index contributed by atoms with van der Waals surface area (Å²) in [6.45, 7) is 12.8. The summed E-state index contributed by atoms with van der Waals surface area (Å²) in [5.74, 6) is 0. The lowest BCUT2D eigenvalue weighted by atomic mass is 9.76. The molecule has 7 heteroatoms. The molecule has 0 unspecified atom stereocenters. The highest BCUT2D eigenvalue weighted by Gasteiger charge is 2.52. The van der Waals surface area contributed by atoms with Crippen LogP contribution in [0.1, 0.15) is 38.8 Å². The van der Waals surface area contributed by atoms with Gasteiger partial charge in [0.05, 0.1) is 16.9 Å². The average Bonchev–Trinajstić information content (AvgIpc) is 3.89. The zero-order valence-electron chi connectivity index (χ0n) is 37.6. The lowest BCUT2D eigenvalue weighted by molar-refractivity contribution is 0.00578. The summed E-state index contributed by atoms with van der Waals surface area (Å²) in [5.41, 5.74) is 15.7. The molecule has 3 nitrogen and oxygen atoms in total. The van der Waals surface area contributed by atoms with Crippen molar-refractivity contribution in [2.75, 3.05) is 0 Å². The van der Waals surface area contributed by atoms with E-state index in [1.807, 2.05) is 60.8 Å². The summed E-state index contributed by atoms with van der Waals surface area (Å²) >= 11 is 18.0. The summed E-state index contributed by atoms with van der Waals surface area (Å²) < 4.78 is 12.6. The molecule has 1 aliphatic heterocycles. The molecule has 0 radical (unpaired) electrons. The minimum Gasteiger partial charge on any atom is -0.399 e. The third-order valence-corrected chi connectivity index (χ3v) is 14.7. The minimum absolute atomic E-state index is 0.326. The Bertz CT molecular complexity index is 3610. The maximum Gasteiger partial charge on any atom is 0.494 e. The molecule has 1 fully saturated rings. The van der Waals surface area contributed by atoms with Gasteiger partial charge in [-0.25, -0.2) is 0 Å². The van der Waals surface area contributed by atoms with Crippen molar-refractivity contribution in [3.63, 3.8) is 0 Å². The molecule has 66 heavy (non-hydrogen) atoms. The summed E-state index contributed by atoms with van der Waals surface area (Å²) in [6, 6.07) is 54.8. The van der Waals surface area contributed by atoms with Crippen LogP contribution in [0.4, 0.5) is 0 Å². The Labute approximate surface area is 401 Å². The van der Waals surface area contributed by atoms with Crippen LogP contribution in [0.2, 0.25) is 15.1 Å². The van der Waals surface area contributed by atoms with Gasteiger partial charge in [-0.1, -0.05) is 144 Å². The molecule has 0 atom stereocenters. The zero-order valence-corrected chi connectivity index (χ0v) is 39.8. The third kappa shape index (κ3) is 7.10. The number of hydrogen-bond acceptors (Lipinski definition) is 3. The Morgan fingerprint density at radius 3 is 1.53 bits per heavy atom. The van der Waals surface area contributed by atoms with Crippen LogP contribution in [0, 0.1) is 13.8 Å². The van der Waals surface area contributed by atoms with Crippen molar-refractivity contribution in [2.45, 2.75) is 52.7 Å². The van der Waals surface area contributed by atoms with E-state index in [9.17, 15) is 0 Å². The van der Waals surface area contributed by atoms with Gasteiger partial charge in [0.15, 0.2) is 0 Å². The number of aromatic nitrogens is 1. The van der Waals surface area contributed by atoms with E-state index in [4.69, 9.17) is 49.1 Å². The standard InChI is InChI=1S/C26H16ClN.C23H23BO2.C10H6Cl2/c1-15-12-18(26-20-9-8-19(27)13-17(20)10-11-28-26)14-23-21-6-2-4-16-5-3-7-22(24(15)23)25(16)21;1-14-12-16(24-25-22(2,3)23(4,5)26-24)13-19-17-10-6-8-15-9-7-11-18(20(14)19)21(15)17;11-8-4-5-9-7(6-8)2-1-3-10(9)12/h2-14H,1H3;6-13H,1-5H3;1-6H. The summed E-state index contributed by atoms with van der Waals surface area (Å²) in [4.78, 5) is 4.73. The number of benzene rings is 9. The second kappa shape index (κ2) is 16.1. The second-order valence-electron chi connectivity index (χ2n) is 18.6. The monoisotopic (exact) mass is 915 g/mol. The molecular formula is C59H45BCl3NO2. The second-order valence-corrected chi connectivity index (χ2v) is 19.9. The maximum atomic E-state index is 6.29. The highest BCUT2D eigenvalue weighted by atomic mass is 35.5. The van der Waals surface area contributed by atoms with Crippen LogP contribution in [0.25, 0.3) is 98.9 Å². The molecule has 3 aliphatic rings. The molecule has 2 heterocycles. The van der Waals surface area contributed by atoms with Crippen LogP contribution < -0.4 is 5.46 Å². The molecule has 0 spiro atoms. The lowest BCUT2D eigenvalue weighted by Gasteiger charge is -2.32. The van der Waals surface area contributed by atoms with Gasteiger partial charge in [0.25, 0.3) is 0 Å². The third-order valence-electron chi connectivity index (χ3n) is 13.9. The average molecular weight is 917 g/mol. The van der Waals surface area contributed by atoms with Crippen molar-refractivity contribution in [2.24, 2.45) is 0 Å². The van der Waals surface area contributed by atoms with Crippen LogP contribution in [0.5, 0.6) is 0 Å². The van der Waals surface area contributed by atoms with Gasteiger partial charge in [-0.15, -0.1) is 0 Å². The first-order chi connectivity index (χ1) is 31.8. The first kappa shape index (κ1) is 42.6. The van der Waals surface area contributed by atoms with Crippen molar-refractivity contribution in [1.29, 1.82) is 0 Å². The molecule has 1 aromatic heterocycles. The lowest BCUT2D eigenvalue weighted by Crippen LogP contribution is -2.41. The molecule has 9 aromatic carbocycles. The van der Waals surface area contributed by atoms with E-state index < -0.39 is 0 Å². The van der Waals surface area contributed by atoms with E-state index in [-0.39, 0.29) is 18.3 Å².